The number of hydrogen-bond donors (Lipinski definition) is 1. The Balaban J connectivity index is 3.03. The minimum atomic E-state index is -0.423. The van der Waals surface area contributed by atoms with Crippen molar-refractivity contribution in [1.82, 2.24) is 0 Å². The normalized spacial score (nSPS) is 9.71. The minimum Gasteiger partial charge on any atom is -0.507 e. The number of phenols is 1. The topological polar surface area (TPSA) is 70.3 Å². The van der Waals surface area contributed by atoms with E-state index in [1.54, 1.807) is 6.92 Å². The van der Waals surface area contributed by atoms with E-state index in [9.17, 15) is 9.90 Å². The number of carbonyl (C=O) groups excluding carboxylic acids is 1. The molecule has 90 valence electrons. The van der Waals surface area contributed by atoms with Gasteiger partial charge >= 0.3 is 5.97 Å². The maximum atomic E-state index is 11.3. The quantitative estimate of drug-likeness (QED) is 0.659. The lowest BCUT2D eigenvalue weighted by atomic mass is 10.0. The van der Waals surface area contributed by atoms with Gasteiger partial charge in [0.05, 0.1) is 30.5 Å². The third-order valence-corrected chi connectivity index (χ3v) is 2.53. The van der Waals surface area contributed by atoms with Crippen molar-refractivity contribution >= 4 is 17.6 Å². The number of halogens is 1. The smallest absolute Gasteiger partial charge is 0.310 e. The second kappa shape index (κ2) is 6.12. The number of benzene rings is 1. The van der Waals surface area contributed by atoms with Gasteiger partial charge in [0.15, 0.2) is 0 Å². The fourth-order valence-electron chi connectivity index (χ4n) is 1.44. The molecule has 5 heteroatoms. The summed E-state index contributed by atoms with van der Waals surface area (Å²) < 4.78 is 4.78. The van der Waals surface area contributed by atoms with Crippen LogP contribution in [0.1, 0.15) is 23.6 Å². The third-order valence-electron chi connectivity index (χ3n) is 2.26. The molecule has 4 nitrogen and oxygen atoms in total. The molecule has 1 rings (SSSR count). The van der Waals surface area contributed by atoms with E-state index < -0.39 is 5.97 Å². The van der Waals surface area contributed by atoms with Gasteiger partial charge in [0.25, 0.3) is 0 Å². The summed E-state index contributed by atoms with van der Waals surface area (Å²) in [6.45, 7) is 2.00. The van der Waals surface area contributed by atoms with Gasteiger partial charge in [-0.05, 0) is 13.0 Å². The predicted molar refractivity (Wildman–Crippen MR) is 62.7 cm³/mol. The number of phenolic OH excluding ortho intramolecular Hbond substituents is 1. The predicted octanol–water partition coefficient (Wildman–Crippen LogP) is 2.11. The second-order valence-corrected chi connectivity index (χ2v) is 3.59. The molecule has 0 radical (unpaired) electrons. The summed E-state index contributed by atoms with van der Waals surface area (Å²) in [5, 5.41) is 18.7. The van der Waals surface area contributed by atoms with Gasteiger partial charge in [-0.25, -0.2) is 0 Å². The van der Waals surface area contributed by atoms with Crippen LogP contribution in [-0.2, 0) is 21.8 Å². The van der Waals surface area contributed by atoms with E-state index in [2.05, 4.69) is 0 Å². The monoisotopic (exact) mass is 253 g/mol. The van der Waals surface area contributed by atoms with Gasteiger partial charge in [-0.3, -0.25) is 4.79 Å². The first-order valence-corrected chi connectivity index (χ1v) is 5.62. The zero-order valence-electron chi connectivity index (χ0n) is 9.36. The van der Waals surface area contributed by atoms with Crippen LogP contribution in [0.4, 0.5) is 0 Å². The zero-order chi connectivity index (χ0) is 12.8. The van der Waals surface area contributed by atoms with Crippen LogP contribution in [0.5, 0.6) is 5.75 Å². The van der Waals surface area contributed by atoms with E-state index in [1.807, 2.05) is 6.07 Å². The number of alkyl halides is 1. The SMILES string of the molecule is CCOC(=O)Cc1ccc(C#N)c(CCl)c1O. The number of carbonyl (C=O) groups is 1. The molecule has 0 spiro atoms. The Hall–Kier alpha value is -1.73. The van der Waals surface area contributed by atoms with E-state index >= 15 is 0 Å². The van der Waals surface area contributed by atoms with Crippen molar-refractivity contribution in [2.75, 3.05) is 6.61 Å². The van der Waals surface area contributed by atoms with Crippen molar-refractivity contribution in [1.29, 1.82) is 5.26 Å². The van der Waals surface area contributed by atoms with Crippen molar-refractivity contribution in [2.45, 2.75) is 19.2 Å². The lowest BCUT2D eigenvalue weighted by molar-refractivity contribution is -0.142. The molecule has 0 atom stereocenters. The van der Waals surface area contributed by atoms with Crippen molar-refractivity contribution in [3.63, 3.8) is 0 Å². The Kier molecular flexibility index (Phi) is 4.80. The largest absolute Gasteiger partial charge is 0.507 e. The van der Waals surface area contributed by atoms with E-state index in [4.69, 9.17) is 21.6 Å². The summed E-state index contributed by atoms with van der Waals surface area (Å²) in [5.74, 6) is -0.508. The Morgan fingerprint density at radius 1 is 1.59 bits per heavy atom. The first kappa shape index (κ1) is 13.3. The number of hydrogen-bond acceptors (Lipinski definition) is 4. The molecule has 0 heterocycles. The maximum absolute atomic E-state index is 11.3. The third kappa shape index (κ3) is 3.11. The lowest BCUT2D eigenvalue weighted by Crippen LogP contribution is -2.08. The van der Waals surface area contributed by atoms with E-state index in [0.29, 0.717) is 16.7 Å². The lowest BCUT2D eigenvalue weighted by Gasteiger charge is -2.09. The summed E-state index contributed by atoms with van der Waals surface area (Å²) in [6.07, 6.45) is -0.0325. The average molecular weight is 254 g/mol. The molecule has 0 aromatic heterocycles. The Morgan fingerprint density at radius 3 is 2.82 bits per heavy atom. The van der Waals surface area contributed by atoms with Crippen molar-refractivity contribution in [2.24, 2.45) is 0 Å². The number of ether oxygens (including phenoxy) is 1. The fraction of sp³-hybridized carbons (Fsp3) is 0.333. The molecule has 0 unspecified atom stereocenters. The van der Waals surface area contributed by atoms with Gasteiger partial charge < -0.3 is 9.84 Å². The van der Waals surface area contributed by atoms with Crippen LogP contribution in [0.2, 0.25) is 0 Å². The highest BCUT2D eigenvalue weighted by molar-refractivity contribution is 6.17. The van der Waals surface area contributed by atoms with Crippen molar-refractivity contribution in [3.05, 3.63) is 28.8 Å². The fourth-order valence-corrected chi connectivity index (χ4v) is 1.71. The molecular formula is C12H12ClNO3. The molecule has 0 saturated carbocycles. The molecular weight excluding hydrogens is 242 g/mol. The van der Waals surface area contributed by atoms with Gasteiger partial charge in [-0.2, -0.15) is 5.26 Å². The van der Waals surface area contributed by atoms with E-state index in [-0.39, 0.29) is 24.7 Å². The molecule has 0 aliphatic rings. The average Bonchev–Trinajstić information content (AvgIpc) is 2.31. The van der Waals surface area contributed by atoms with Crippen LogP contribution in [0.3, 0.4) is 0 Å². The number of esters is 1. The first-order chi connectivity index (χ1) is 8.13. The molecule has 17 heavy (non-hydrogen) atoms. The van der Waals surface area contributed by atoms with E-state index in [1.165, 1.54) is 12.1 Å². The summed E-state index contributed by atoms with van der Waals surface area (Å²) in [6, 6.07) is 4.99. The number of aromatic hydroxyl groups is 1. The minimum absolute atomic E-state index is 0.0192. The highest BCUT2D eigenvalue weighted by Gasteiger charge is 2.14. The van der Waals surface area contributed by atoms with Crippen LogP contribution >= 0.6 is 11.6 Å². The summed E-state index contributed by atoms with van der Waals surface area (Å²) in [4.78, 5) is 11.3. The standard InChI is InChI=1S/C12H12ClNO3/c1-2-17-11(15)5-8-3-4-9(7-14)10(6-13)12(8)16/h3-4,16H,2,5-6H2,1H3. The van der Waals surface area contributed by atoms with Gasteiger partial charge in [0.1, 0.15) is 5.75 Å². The number of nitrogens with zero attached hydrogens (tertiary/aromatic N) is 1. The first-order valence-electron chi connectivity index (χ1n) is 5.09. The molecule has 0 fully saturated rings. The van der Waals surface area contributed by atoms with Gasteiger partial charge in [-0.15, -0.1) is 11.6 Å². The summed E-state index contributed by atoms with van der Waals surface area (Å²) in [5.41, 5.74) is 1.07. The van der Waals surface area contributed by atoms with Crippen LogP contribution in [0.25, 0.3) is 0 Å². The molecule has 0 aliphatic carbocycles. The van der Waals surface area contributed by atoms with Crippen LogP contribution < -0.4 is 0 Å². The van der Waals surface area contributed by atoms with Gasteiger partial charge in [0.2, 0.25) is 0 Å². The van der Waals surface area contributed by atoms with Crippen molar-refractivity contribution in [3.8, 4) is 11.8 Å². The Bertz CT molecular complexity index is 466. The Morgan fingerprint density at radius 2 is 2.29 bits per heavy atom. The van der Waals surface area contributed by atoms with Gasteiger partial charge in [0, 0.05) is 11.1 Å². The summed E-state index contributed by atoms with van der Waals surface area (Å²) >= 11 is 5.66. The molecule has 1 aromatic carbocycles. The molecule has 0 saturated heterocycles. The highest BCUT2D eigenvalue weighted by Crippen LogP contribution is 2.28. The molecule has 1 N–H and O–H groups in total. The molecule has 1 aromatic rings. The number of nitriles is 1. The van der Waals surface area contributed by atoms with Crippen LogP contribution in [-0.4, -0.2) is 17.7 Å². The summed E-state index contributed by atoms with van der Waals surface area (Å²) in [7, 11) is 0. The molecule has 0 amide bonds. The molecule has 0 bridgehead atoms. The molecule has 0 aliphatic heterocycles. The Labute approximate surface area is 104 Å². The second-order valence-electron chi connectivity index (χ2n) is 3.33. The van der Waals surface area contributed by atoms with Crippen LogP contribution in [0, 0.1) is 11.3 Å². The van der Waals surface area contributed by atoms with Crippen molar-refractivity contribution < 1.29 is 14.6 Å². The highest BCUT2D eigenvalue weighted by atomic mass is 35.5. The van der Waals surface area contributed by atoms with Crippen LogP contribution in [0.15, 0.2) is 12.1 Å². The maximum Gasteiger partial charge on any atom is 0.310 e. The zero-order valence-corrected chi connectivity index (χ0v) is 10.1. The van der Waals surface area contributed by atoms with E-state index in [0.717, 1.165) is 0 Å². The van der Waals surface area contributed by atoms with Gasteiger partial charge in [-0.1, -0.05) is 6.07 Å². The number of rotatable bonds is 4.